The zero-order chi connectivity index (χ0) is 35.9. The first-order chi connectivity index (χ1) is 22.7. The second kappa shape index (κ2) is 30.3. The van der Waals surface area contributed by atoms with Crippen LogP contribution in [-0.2, 0) is 14.2 Å². The van der Waals surface area contributed by atoms with Gasteiger partial charge in [-0.25, -0.2) is 9.31 Å². The molecule has 0 bridgehead atoms. The summed E-state index contributed by atoms with van der Waals surface area (Å²) in [6.45, 7) is 21.7. The van der Waals surface area contributed by atoms with E-state index < -0.39 is 6.09 Å². The Morgan fingerprint density at radius 3 is 2.23 bits per heavy atom. The summed E-state index contributed by atoms with van der Waals surface area (Å²) in [5, 5.41) is 22.4. The number of aromatic nitrogens is 2. The molecule has 1 amide bonds. The molecule has 0 aromatic carbocycles. The highest BCUT2D eigenvalue weighted by Gasteiger charge is 2.17. The number of nitrogens with zero attached hydrogens (tertiary/aromatic N) is 5. The molecule has 264 valence electrons. The number of hydrazone groups is 1. The lowest BCUT2D eigenvalue weighted by Crippen LogP contribution is -2.38. The van der Waals surface area contributed by atoms with Crippen LogP contribution in [0.4, 0.5) is 16.2 Å². The van der Waals surface area contributed by atoms with Gasteiger partial charge in [0, 0.05) is 39.2 Å². The van der Waals surface area contributed by atoms with Gasteiger partial charge >= 0.3 is 6.09 Å². The highest BCUT2D eigenvalue weighted by atomic mass is 16.5. The number of allylic oxidation sites excluding steroid dienone is 5. The topological polar surface area (TPSA) is 152 Å². The van der Waals surface area contributed by atoms with Crippen molar-refractivity contribution in [1.29, 1.82) is 5.26 Å². The summed E-state index contributed by atoms with van der Waals surface area (Å²) in [6, 6.07) is 2.11. The van der Waals surface area contributed by atoms with Crippen LogP contribution in [-0.4, -0.2) is 80.1 Å². The quantitative estimate of drug-likeness (QED) is 0.0831. The smallest absolute Gasteiger partial charge is 0.411 e. The van der Waals surface area contributed by atoms with Crippen LogP contribution in [0, 0.1) is 18.3 Å². The van der Waals surface area contributed by atoms with E-state index in [4.69, 9.17) is 15.3 Å². The summed E-state index contributed by atoms with van der Waals surface area (Å²) in [5.74, 6) is 5.24. The van der Waals surface area contributed by atoms with E-state index in [1.165, 1.54) is 32.6 Å². The van der Waals surface area contributed by atoms with Crippen LogP contribution in [0.15, 0.2) is 54.5 Å². The van der Waals surface area contributed by atoms with Gasteiger partial charge in [-0.1, -0.05) is 57.6 Å². The van der Waals surface area contributed by atoms with Crippen LogP contribution in [0.2, 0.25) is 0 Å². The maximum absolute atomic E-state index is 12.1. The van der Waals surface area contributed by atoms with Gasteiger partial charge in [-0.15, -0.1) is 11.7 Å². The maximum atomic E-state index is 12.1. The van der Waals surface area contributed by atoms with Crippen molar-refractivity contribution in [2.45, 2.75) is 74.1 Å². The van der Waals surface area contributed by atoms with Crippen molar-refractivity contribution in [2.75, 3.05) is 64.2 Å². The fourth-order valence-electron chi connectivity index (χ4n) is 3.58. The third kappa shape index (κ3) is 20.4. The number of nitrogens with two attached hydrogens (primary N) is 1. The van der Waals surface area contributed by atoms with E-state index in [1.807, 2.05) is 39.0 Å². The summed E-state index contributed by atoms with van der Waals surface area (Å²) in [5.41, 5.74) is 3.27. The molecule has 1 saturated heterocycles. The van der Waals surface area contributed by atoms with Crippen molar-refractivity contribution >= 4 is 28.9 Å². The normalized spacial score (nSPS) is 12.6. The first-order valence-electron chi connectivity index (χ1n) is 16.1. The Bertz CT molecular complexity index is 1230. The van der Waals surface area contributed by atoms with Gasteiger partial charge in [-0.3, -0.25) is 10.2 Å². The third-order valence-corrected chi connectivity index (χ3v) is 6.35. The molecule has 0 radical (unpaired) electrons. The number of hydrogen-bond acceptors (Lipinski definition) is 10. The van der Waals surface area contributed by atoms with Gasteiger partial charge in [0.05, 0.1) is 55.2 Å². The number of fused-ring (bicyclic) bond motifs is 1. The second-order valence-electron chi connectivity index (χ2n) is 9.86. The molecule has 47 heavy (non-hydrogen) atoms. The average Bonchev–Trinajstić information content (AvgIpc) is 3.42. The van der Waals surface area contributed by atoms with E-state index in [0.29, 0.717) is 49.2 Å². The van der Waals surface area contributed by atoms with Gasteiger partial charge in [0.1, 0.15) is 12.7 Å². The van der Waals surface area contributed by atoms with Crippen LogP contribution in [0.25, 0.3) is 5.52 Å². The predicted molar refractivity (Wildman–Crippen MR) is 196 cm³/mol. The zero-order valence-electron chi connectivity index (χ0n) is 30.3. The van der Waals surface area contributed by atoms with E-state index >= 15 is 0 Å². The van der Waals surface area contributed by atoms with E-state index in [-0.39, 0.29) is 0 Å². The molecule has 3 heterocycles. The number of unbranched alkanes of at least 4 members (excludes halogenated alkanes) is 1. The van der Waals surface area contributed by atoms with Gasteiger partial charge in [-0.2, -0.15) is 10.4 Å². The third-order valence-electron chi connectivity index (χ3n) is 6.35. The maximum Gasteiger partial charge on any atom is 0.411 e. The lowest BCUT2D eigenvalue weighted by atomic mass is 10.2. The molecule has 12 nitrogen and oxygen atoms in total. The fraction of sp³-hybridized carbons (Fsp3) is 0.543. The van der Waals surface area contributed by atoms with Crippen LogP contribution in [0.5, 0.6) is 0 Å². The molecule has 12 heteroatoms. The number of rotatable bonds is 9. The number of carbonyl (C=O) groups excluding carboxylic acids is 1. The molecule has 0 spiro atoms. The SMILES string of the molecule is C/C=C\C.C=CCCC.CC/C=C\CC.CNc1c(C#N)cnn2cc(NC(=O)OCCN3CCOCC3)c(C)c12.CO/C(C)=N/N. The molecule has 1 fully saturated rings. The monoisotopic (exact) mass is 656 g/mol. The number of ether oxygens (including phenoxy) is 3. The summed E-state index contributed by atoms with van der Waals surface area (Å²) in [7, 11) is 3.27. The van der Waals surface area contributed by atoms with E-state index in [1.54, 1.807) is 24.7 Å². The highest BCUT2D eigenvalue weighted by Crippen LogP contribution is 2.29. The molecule has 0 unspecified atom stereocenters. The van der Waals surface area contributed by atoms with Gasteiger partial charge < -0.3 is 25.4 Å². The van der Waals surface area contributed by atoms with Crippen molar-refractivity contribution in [2.24, 2.45) is 10.9 Å². The summed E-state index contributed by atoms with van der Waals surface area (Å²) in [6.07, 6.45) is 17.7. The van der Waals surface area contributed by atoms with Gasteiger partial charge in [0.25, 0.3) is 0 Å². The number of amides is 1. The van der Waals surface area contributed by atoms with Crippen LogP contribution < -0.4 is 16.5 Å². The Balaban J connectivity index is 0. The van der Waals surface area contributed by atoms with E-state index in [9.17, 15) is 10.1 Å². The van der Waals surface area contributed by atoms with Crippen molar-refractivity contribution < 1.29 is 19.0 Å². The van der Waals surface area contributed by atoms with Crippen molar-refractivity contribution in [1.82, 2.24) is 14.5 Å². The molecular weight excluding hydrogens is 596 g/mol. The largest absolute Gasteiger partial charge is 0.483 e. The Labute approximate surface area is 283 Å². The minimum Gasteiger partial charge on any atom is -0.483 e. The minimum atomic E-state index is -0.510. The molecule has 3 rings (SSSR count). The Morgan fingerprint density at radius 1 is 1.21 bits per heavy atom. The molecule has 4 N–H and O–H groups in total. The van der Waals surface area contributed by atoms with E-state index in [2.05, 4.69) is 76.0 Å². The zero-order valence-corrected chi connectivity index (χ0v) is 30.3. The summed E-state index contributed by atoms with van der Waals surface area (Å²) in [4.78, 5) is 14.3. The van der Waals surface area contributed by atoms with E-state index in [0.717, 1.165) is 30.6 Å². The highest BCUT2D eigenvalue weighted by molar-refractivity contribution is 5.91. The summed E-state index contributed by atoms with van der Waals surface area (Å²) >= 11 is 0. The van der Waals surface area contributed by atoms with Crippen molar-refractivity contribution in [3.8, 4) is 6.07 Å². The number of nitriles is 1. The van der Waals surface area contributed by atoms with Crippen LogP contribution >= 0.6 is 0 Å². The molecule has 0 atom stereocenters. The molecular formula is C35H60N8O4. The van der Waals surface area contributed by atoms with Crippen LogP contribution in [0.1, 0.15) is 78.4 Å². The number of nitrogens with one attached hydrogen (secondary N) is 2. The number of methoxy groups -OCH3 is 1. The lowest BCUT2D eigenvalue weighted by molar-refractivity contribution is 0.0290. The minimum absolute atomic E-state index is 0.316. The number of hydrogen-bond donors (Lipinski definition) is 3. The van der Waals surface area contributed by atoms with Gasteiger partial charge in [0.2, 0.25) is 5.90 Å². The summed E-state index contributed by atoms with van der Waals surface area (Å²) < 4.78 is 16.7. The average molecular weight is 657 g/mol. The molecule has 2 aromatic heterocycles. The standard InChI is InChI=1S/C17H22N6O3.C6H12.C5H10.C4H8.C3H8N2O/c1-12-14(11-23-16(12)15(19-2)13(9-18)10-20-23)21-17(24)26-8-5-22-3-6-25-7-4-22;1-3-5-6-4-2;1-3-5-4-2;1-3-4-2;1-3(5-4)6-2/h10-11,19H,3-8H2,1-2H3,(H,21,24);5-6H,3-4H2,1-2H3;3H,1,4-5H2,2H3;3-4H,1-2H3;4H2,1-2H3/b;6-5-;;4-3-;5-3+. The lowest BCUT2D eigenvalue weighted by Gasteiger charge is -2.26. The van der Waals surface area contributed by atoms with Crippen molar-refractivity contribution in [3.63, 3.8) is 0 Å². The first-order valence-corrected chi connectivity index (χ1v) is 16.1. The first kappa shape index (κ1) is 44.8. The predicted octanol–water partition coefficient (Wildman–Crippen LogP) is 7.28. The van der Waals surface area contributed by atoms with Gasteiger partial charge in [0.15, 0.2) is 0 Å². The number of aryl methyl sites for hydroxylation is 1. The molecule has 2 aromatic rings. The Kier molecular flexibility index (Phi) is 28.9. The number of carbonyl (C=O) groups is 1. The molecule has 0 saturated carbocycles. The Morgan fingerprint density at radius 2 is 1.83 bits per heavy atom. The number of morpholine rings is 1. The Hall–Kier alpha value is -4.34. The van der Waals surface area contributed by atoms with Crippen molar-refractivity contribution in [3.05, 3.63) is 60.5 Å². The molecule has 1 aliphatic rings. The molecule has 1 aliphatic heterocycles. The van der Waals surface area contributed by atoms with Crippen LogP contribution in [0.3, 0.4) is 0 Å². The fourth-order valence-corrected chi connectivity index (χ4v) is 3.58. The number of anilines is 2. The van der Waals surface area contributed by atoms with Gasteiger partial charge in [-0.05, 0) is 40.0 Å². The second-order valence-corrected chi connectivity index (χ2v) is 9.86. The molecule has 0 aliphatic carbocycles.